The Morgan fingerprint density at radius 3 is 1.18 bits per heavy atom. The number of allylic oxidation sites excluding steroid dienone is 6. The van der Waals surface area contributed by atoms with E-state index in [0.29, 0.717) is 13.0 Å². The van der Waals surface area contributed by atoms with E-state index in [1.54, 1.807) is 0 Å². The summed E-state index contributed by atoms with van der Waals surface area (Å²) in [6.45, 7) is 4.29. The molecule has 1 aliphatic carbocycles. The molecule has 72 heavy (non-hydrogen) atoms. The molecule has 424 valence electrons. The molecule has 0 spiro atoms. The number of hydrogen-bond donors (Lipinski definition) is 6. The third-order valence-corrected chi connectivity index (χ3v) is 15.0. The van der Waals surface area contributed by atoms with Crippen molar-refractivity contribution in [3.05, 3.63) is 36.5 Å². The zero-order valence-corrected chi connectivity index (χ0v) is 46.9. The highest BCUT2D eigenvalue weighted by Gasteiger charge is 2.51. The second kappa shape index (κ2) is 49.2. The molecule has 0 aromatic heterocycles. The first-order chi connectivity index (χ1) is 35.0. The molecule has 0 bridgehead atoms. The molecule has 0 aromatic carbocycles. The topological polar surface area (TPSA) is 192 Å². The van der Waals surface area contributed by atoms with Crippen LogP contribution in [0.25, 0.3) is 0 Å². The van der Waals surface area contributed by atoms with Crippen LogP contribution in [-0.2, 0) is 27.9 Å². The summed E-state index contributed by atoms with van der Waals surface area (Å²) in [7, 11) is -5.03. The van der Waals surface area contributed by atoms with Gasteiger partial charge in [-0.05, 0) is 51.4 Å². The van der Waals surface area contributed by atoms with Gasteiger partial charge < -0.3 is 39.9 Å². The molecule has 1 aliphatic rings. The first-order valence-electron chi connectivity index (χ1n) is 29.8. The Morgan fingerprint density at radius 1 is 0.444 bits per heavy atom. The van der Waals surface area contributed by atoms with Crippen LogP contribution >= 0.6 is 7.82 Å². The van der Waals surface area contributed by atoms with Crippen molar-refractivity contribution in [2.75, 3.05) is 19.8 Å². The maximum atomic E-state index is 12.9. The summed E-state index contributed by atoms with van der Waals surface area (Å²) < 4.78 is 34.4. The zero-order valence-electron chi connectivity index (χ0n) is 46.0. The van der Waals surface area contributed by atoms with Crippen LogP contribution in [0.2, 0.25) is 0 Å². The number of esters is 1. The van der Waals surface area contributed by atoms with Crippen molar-refractivity contribution in [2.24, 2.45) is 0 Å². The maximum Gasteiger partial charge on any atom is 0.472 e. The van der Waals surface area contributed by atoms with E-state index >= 15 is 0 Å². The van der Waals surface area contributed by atoms with Gasteiger partial charge in [0.1, 0.15) is 42.7 Å². The van der Waals surface area contributed by atoms with Gasteiger partial charge in [-0.25, -0.2) is 4.57 Å². The van der Waals surface area contributed by atoms with Crippen molar-refractivity contribution in [1.29, 1.82) is 0 Å². The van der Waals surface area contributed by atoms with E-state index in [0.717, 1.165) is 64.2 Å². The summed E-state index contributed by atoms with van der Waals surface area (Å²) >= 11 is 0. The molecule has 0 radical (unpaired) electrons. The molecule has 12 nitrogen and oxygen atoms in total. The zero-order chi connectivity index (χ0) is 52.6. The van der Waals surface area contributed by atoms with Gasteiger partial charge in [0.25, 0.3) is 0 Å². The van der Waals surface area contributed by atoms with Gasteiger partial charge in [0.2, 0.25) is 0 Å². The average Bonchev–Trinajstić information content (AvgIpc) is 3.37. The fourth-order valence-electron chi connectivity index (χ4n) is 9.31. The van der Waals surface area contributed by atoms with Crippen molar-refractivity contribution in [2.45, 2.75) is 313 Å². The van der Waals surface area contributed by atoms with Gasteiger partial charge in [0, 0.05) is 13.0 Å². The molecule has 1 rings (SSSR count). The lowest BCUT2D eigenvalue weighted by Crippen LogP contribution is -2.64. The third-order valence-electron chi connectivity index (χ3n) is 14.0. The van der Waals surface area contributed by atoms with Crippen LogP contribution in [-0.4, -0.2) is 98.9 Å². The lowest BCUT2D eigenvalue weighted by molar-refractivity contribution is -0.220. The highest BCUT2D eigenvalue weighted by Crippen LogP contribution is 2.47. The van der Waals surface area contributed by atoms with E-state index in [1.165, 1.54) is 180 Å². The molecule has 13 heteroatoms. The smallest absolute Gasteiger partial charge is 0.457 e. The molecule has 1 fully saturated rings. The molecule has 0 saturated heterocycles. The number of ether oxygens (including phenoxy) is 2. The number of phosphoric acid groups is 1. The summed E-state index contributed by atoms with van der Waals surface area (Å²) in [5.41, 5.74) is 0. The van der Waals surface area contributed by atoms with Crippen molar-refractivity contribution in [3.8, 4) is 0 Å². The minimum Gasteiger partial charge on any atom is -0.457 e. The number of carbonyl (C=O) groups excluding carboxylic acids is 1. The van der Waals surface area contributed by atoms with E-state index in [1.807, 2.05) is 0 Å². The number of phosphoric ester groups is 1. The SMILES string of the molecule is CCCCCCC/C=C\C/C=C\C/C=C\CCCCCCCCCCCOCC(COP(=O)(O)OC1C(O)C(O)C(O)C(O)C1O)OC(=O)CCCCCCCCCCCCCCCCCCCCCCC. The Morgan fingerprint density at radius 2 is 0.778 bits per heavy atom. The molecule has 1 saturated carbocycles. The normalized spacial score (nSPS) is 20.8. The van der Waals surface area contributed by atoms with E-state index in [2.05, 4.69) is 50.3 Å². The minimum absolute atomic E-state index is 0.0772. The van der Waals surface area contributed by atoms with Gasteiger partial charge in [0.15, 0.2) is 0 Å². The number of unbranched alkanes of at least 4 members (excludes halogenated alkanes) is 34. The second-order valence-corrected chi connectivity index (χ2v) is 22.3. The van der Waals surface area contributed by atoms with Crippen molar-refractivity contribution in [1.82, 2.24) is 0 Å². The molecular formula is C59H111O12P. The lowest BCUT2D eigenvalue weighted by Gasteiger charge is -2.41. The number of carbonyl (C=O) groups is 1. The minimum atomic E-state index is -5.03. The van der Waals surface area contributed by atoms with Crippen LogP contribution in [0.4, 0.5) is 0 Å². The van der Waals surface area contributed by atoms with Gasteiger partial charge in [0.05, 0.1) is 13.2 Å². The third kappa shape index (κ3) is 39.9. The van der Waals surface area contributed by atoms with E-state index in [9.17, 15) is 39.8 Å². The van der Waals surface area contributed by atoms with Gasteiger partial charge in [-0.2, -0.15) is 0 Å². The average molecular weight is 1040 g/mol. The summed E-state index contributed by atoms with van der Waals surface area (Å²) in [6, 6.07) is 0. The molecule has 0 heterocycles. The highest BCUT2D eigenvalue weighted by molar-refractivity contribution is 7.47. The molecule has 0 aromatic rings. The fraction of sp³-hybridized carbons (Fsp3) is 0.881. The maximum absolute atomic E-state index is 12.9. The Balaban J connectivity index is 2.27. The van der Waals surface area contributed by atoms with Crippen molar-refractivity contribution >= 4 is 13.8 Å². The molecule has 6 N–H and O–H groups in total. The quantitative estimate of drug-likeness (QED) is 0.0146. The molecule has 6 unspecified atom stereocenters. The largest absolute Gasteiger partial charge is 0.472 e. The summed E-state index contributed by atoms with van der Waals surface area (Å²) in [6.07, 6.45) is 49.3. The first-order valence-corrected chi connectivity index (χ1v) is 31.3. The lowest BCUT2D eigenvalue weighted by atomic mass is 9.85. The summed E-state index contributed by atoms with van der Waals surface area (Å²) in [5, 5.41) is 50.5. The van der Waals surface area contributed by atoms with Crippen LogP contribution in [0, 0.1) is 0 Å². The Bertz CT molecular complexity index is 1330. The summed E-state index contributed by atoms with van der Waals surface area (Å²) in [4.78, 5) is 23.3. The fourth-order valence-corrected chi connectivity index (χ4v) is 10.3. The number of rotatable bonds is 52. The first kappa shape index (κ1) is 68.6. The van der Waals surface area contributed by atoms with Crippen molar-refractivity contribution in [3.63, 3.8) is 0 Å². The van der Waals surface area contributed by atoms with Crippen LogP contribution in [0.3, 0.4) is 0 Å². The van der Waals surface area contributed by atoms with E-state index < -0.39 is 63.1 Å². The Hall–Kier alpha value is -1.44. The Labute approximate surface area is 440 Å². The number of aliphatic hydroxyl groups is 5. The van der Waals surface area contributed by atoms with E-state index in [4.69, 9.17) is 18.5 Å². The number of aliphatic hydroxyl groups excluding tert-OH is 5. The van der Waals surface area contributed by atoms with Crippen LogP contribution in [0.5, 0.6) is 0 Å². The highest BCUT2D eigenvalue weighted by atomic mass is 31.2. The van der Waals surface area contributed by atoms with Crippen LogP contribution in [0.1, 0.15) is 271 Å². The Kier molecular flexibility index (Phi) is 46.8. The van der Waals surface area contributed by atoms with Crippen LogP contribution in [0.15, 0.2) is 36.5 Å². The molecule has 0 amide bonds. The molecular weight excluding hydrogens is 932 g/mol. The molecule has 6 atom stereocenters. The van der Waals surface area contributed by atoms with Gasteiger partial charge in [-0.1, -0.05) is 249 Å². The van der Waals surface area contributed by atoms with Gasteiger partial charge in [-0.15, -0.1) is 0 Å². The second-order valence-electron chi connectivity index (χ2n) is 20.9. The van der Waals surface area contributed by atoms with Crippen LogP contribution < -0.4 is 0 Å². The predicted molar refractivity (Wildman–Crippen MR) is 295 cm³/mol. The monoisotopic (exact) mass is 1040 g/mol. The molecule has 0 aliphatic heterocycles. The van der Waals surface area contributed by atoms with E-state index in [-0.39, 0.29) is 13.0 Å². The predicted octanol–water partition coefficient (Wildman–Crippen LogP) is 14.5. The standard InChI is InChI=1S/C59H111O12P/c1-3-5-7-9-11-13-15-17-19-21-23-25-26-27-29-31-33-35-37-39-41-43-45-47-49-68-50-52(51-69-72(66,67)71-59-57(64)55(62)54(61)56(63)58(59)65)70-53(60)48-46-44-42-40-38-36-34-32-30-28-24-22-20-18-16-14-12-10-8-6-4-2/h15,17,21,23,26-27,52,54-59,61-65H,3-14,16,18-20,22,24-25,28-51H2,1-2H3,(H,66,67)/b17-15-,23-21-,27-26-. The van der Waals surface area contributed by atoms with Crippen molar-refractivity contribution < 1.29 is 58.3 Å². The van der Waals surface area contributed by atoms with Gasteiger partial charge >= 0.3 is 13.8 Å². The van der Waals surface area contributed by atoms with Gasteiger partial charge in [-0.3, -0.25) is 13.8 Å². The summed E-state index contributed by atoms with van der Waals surface area (Å²) in [5.74, 6) is -0.473. The number of hydrogen-bond acceptors (Lipinski definition) is 11.